The van der Waals surface area contributed by atoms with Gasteiger partial charge in [0.25, 0.3) is 5.69 Å². The Morgan fingerprint density at radius 2 is 2.11 bits per heavy atom. The first-order chi connectivity index (χ1) is 9.19. The standard InChI is InChI=1S/C13H10N2O4/c1-2-14-6-10(11(7-14)15(16)17)9-3-4-12-13(5-9)19-8-18-12/h2-7H,1,8H2. The maximum Gasteiger partial charge on any atom is 0.295 e. The Labute approximate surface area is 108 Å². The van der Waals surface area contributed by atoms with Gasteiger partial charge in [0.1, 0.15) is 0 Å². The van der Waals surface area contributed by atoms with Gasteiger partial charge in [-0.3, -0.25) is 10.1 Å². The molecule has 1 aromatic carbocycles. The maximum absolute atomic E-state index is 11.1. The fraction of sp³-hybridized carbons (Fsp3) is 0.0769. The van der Waals surface area contributed by atoms with E-state index in [1.165, 1.54) is 12.4 Å². The molecule has 6 heteroatoms. The van der Waals surface area contributed by atoms with E-state index in [2.05, 4.69) is 6.58 Å². The van der Waals surface area contributed by atoms with E-state index in [1.807, 2.05) is 0 Å². The highest BCUT2D eigenvalue weighted by molar-refractivity contribution is 5.76. The van der Waals surface area contributed by atoms with Crippen molar-refractivity contribution in [3.8, 4) is 22.6 Å². The Morgan fingerprint density at radius 1 is 1.32 bits per heavy atom. The van der Waals surface area contributed by atoms with Crippen molar-refractivity contribution >= 4 is 11.9 Å². The average Bonchev–Trinajstić information content (AvgIpc) is 3.04. The van der Waals surface area contributed by atoms with Gasteiger partial charge in [-0.15, -0.1) is 0 Å². The summed E-state index contributed by atoms with van der Waals surface area (Å²) in [6, 6.07) is 5.24. The molecule has 0 radical (unpaired) electrons. The number of hydrogen-bond acceptors (Lipinski definition) is 4. The molecule has 0 unspecified atom stereocenters. The molecule has 6 nitrogen and oxygen atoms in total. The number of benzene rings is 1. The third kappa shape index (κ3) is 1.83. The second-order valence-electron chi connectivity index (χ2n) is 4.01. The summed E-state index contributed by atoms with van der Waals surface area (Å²) >= 11 is 0. The fourth-order valence-electron chi connectivity index (χ4n) is 2.00. The molecule has 0 bridgehead atoms. The largest absolute Gasteiger partial charge is 0.454 e. The van der Waals surface area contributed by atoms with Crippen molar-refractivity contribution in [1.29, 1.82) is 0 Å². The van der Waals surface area contributed by atoms with Crippen molar-refractivity contribution in [2.45, 2.75) is 0 Å². The van der Waals surface area contributed by atoms with Crippen LogP contribution in [0.3, 0.4) is 0 Å². The molecule has 0 saturated heterocycles. The van der Waals surface area contributed by atoms with Crippen molar-refractivity contribution in [2.75, 3.05) is 6.79 Å². The van der Waals surface area contributed by atoms with E-state index in [4.69, 9.17) is 9.47 Å². The summed E-state index contributed by atoms with van der Waals surface area (Å²) in [5, 5.41) is 11.1. The summed E-state index contributed by atoms with van der Waals surface area (Å²) in [5.74, 6) is 1.24. The van der Waals surface area contributed by atoms with E-state index < -0.39 is 4.92 Å². The Kier molecular flexibility index (Phi) is 2.49. The first-order valence-corrected chi connectivity index (χ1v) is 5.57. The number of rotatable bonds is 3. The van der Waals surface area contributed by atoms with Gasteiger partial charge in [-0.1, -0.05) is 12.6 Å². The number of nitro groups is 1. The smallest absolute Gasteiger partial charge is 0.295 e. The topological polar surface area (TPSA) is 66.5 Å². The highest BCUT2D eigenvalue weighted by Crippen LogP contribution is 2.38. The van der Waals surface area contributed by atoms with E-state index in [1.54, 1.807) is 29.0 Å². The second-order valence-corrected chi connectivity index (χ2v) is 4.01. The second kappa shape index (κ2) is 4.16. The van der Waals surface area contributed by atoms with Gasteiger partial charge in [0, 0.05) is 12.4 Å². The number of aromatic nitrogens is 1. The third-order valence-corrected chi connectivity index (χ3v) is 2.92. The van der Waals surface area contributed by atoms with E-state index in [0.29, 0.717) is 22.6 Å². The van der Waals surface area contributed by atoms with Crippen LogP contribution >= 0.6 is 0 Å². The molecule has 0 N–H and O–H groups in total. The highest BCUT2D eigenvalue weighted by atomic mass is 16.7. The Bertz CT molecular complexity index is 675. The maximum atomic E-state index is 11.1. The summed E-state index contributed by atoms with van der Waals surface area (Å²) in [4.78, 5) is 10.6. The lowest BCUT2D eigenvalue weighted by atomic mass is 10.1. The van der Waals surface area contributed by atoms with Crippen molar-refractivity contribution in [3.63, 3.8) is 0 Å². The van der Waals surface area contributed by atoms with Gasteiger partial charge >= 0.3 is 0 Å². The molecule has 2 aromatic rings. The minimum Gasteiger partial charge on any atom is -0.454 e. The zero-order valence-corrected chi connectivity index (χ0v) is 9.91. The molecule has 96 valence electrons. The van der Waals surface area contributed by atoms with Gasteiger partial charge in [-0.05, 0) is 17.7 Å². The quantitative estimate of drug-likeness (QED) is 0.627. The van der Waals surface area contributed by atoms with Crippen LogP contribution in [0.25, 0.3) is 17.3 Å². The predicted octanol–water partition coefficient (Wildman–Crippen LogP) is 2.89. The number of fused-ring (bicyclic) bond motifs is 1. The van der Waals surface area contributed by atoms with Crippen molar-refractivity contribution in [1.82, 2.24) is 4.57 Å². The molecule has 0 saturated carbocycles. The summed E-state index contributed by atoms with van der Waals surface area (Å²) in [7, 11) is 0. The normalized spacial score (nSPS) is 12.4. The molecule has 3 rings (SSSR count). The first kappa shape index (κ1) is 11.3. The number of ether oxygens (including phenoxy) is 2. The van der Waals surface area contributed by atoms with Gasteiger partial charge < -0.3 is 14.0 Å². The fourth-order valence-corrected chi connectivity index (χ4v) is 2.00. The van der Waals surface area contributed by atoms with Crippen molar-refractivity contribution < 1.29 is 14.4 Å². The van der Waals surface area contributed by atoms with Gasteiger partial charge in [0.15, 0.2) is 11.5 Å². The Balaban J connectivity index is 2.13. The molecule has 0 amide bonds. The van der Waals surface area contributed by atoms with Crippen LogP contribution in [-0.2, 0) is 0 Å². The lowest BCUT2D eigenvalue weighted by Crippen LogP contribution is -1.92. The summed E-state index contributed by atoms with van der Waals surface area (Å²) < 4.78 is 12.0. The molecule has 1 aliphatic heterocycles. The lowest BCUT2D eigenvalue weighted by molar-refractivity contribution is -0.384. The zero-order chi connectivity index (χ0) is 13.4. The first-order valence-electron chi connectivity index (χ1n) is 5.57. The van der Waals surface area contributed by atoms with Crippen LogP contribution < -0.4 is 9.47 Å². The van der Waals surface area contributed by atoms with E-state index in [-0.39, 0.29) is 12.5 Å². The van der Waals surface area contributed by atoms with E-state index in [0.717, 1.165) is 0 Å². The van der Waals surface area contributed by atoms with Gasteiger partial charge in [0.2, 0.25) is 6.79 Å². The molecule has 19 heavy (non-hydrogen) atoms. The summed E-state index contributed by atoms with van der Waals surface area (Å²) in [5.41, 5.74) is 1.25. The molecule has 1 aromatic heterocycles. The number of hydrogen-bond donors (Lipinski definition) is 0. The molecule has 0 atom stereocenters. The minimum atomic E-state index is -0.417. The van der Waals surface area contributed by atoms with Gasteiger partial charge in [-0.2, -0.15) is 0 Å². The van der Waals surface area contributed by atoms with Crippen LogP contribution in [0, 0.1) is 10.1 Å². The predicted molar refractivity (Wildman–Crippen MR) is 69.0 cm³/mol. The molecule has 1 aliphatic rings. The molecule has 2 heterocycles. The molecule has 0 fully saturated rings. The average molecular weight is 258 g/mol. The monoisotopic (exact) mass is 258 g/mol. The summed E-state index contributed by atoms with van der Waals surface area (Å²) in [6.07, 6.45) is 4.58. The van der Waals surface area contributed by atoms with E-state index in [9.17, 15) is 10.1 Å². The van der Waals surface area contributed by atoms with Crippen LogP contribution in [0.2, 0.25) is 0 Å². The van der Waals surface area contributed by atoms with Crippen LogP contribution in [-0.4, -0.2) is 16.3 Å². The Morgan fingerprint density at radius 3 is 2.84 bits per heavy atom. The SMILES string of the molecule is C=Cn1cc(-c2ccc3c(c2)OCO3)c([N+](=O)[O-])c1. The van der Waals surface area contributed by atoms with Crippen LogP contribution in [0.5, 0.6) is 11.5 Å². The lowest BCUT2D eigenvalue weighted by Gasteiger charge is -2.00. The van der Waals surface area contributed by atoms with Gasteiger partial charge in [0.05, 0.1) is 16.7 Å². The van der Waals surface area contributed by atoms with E-state index >= 15 is 0 Å². The van der Waals surface area contributed by atoms with Crippen LogP contribution in [0.4, 0.5) is 5.69 Å². The zero-order valence-electron chi connectivity index (χ0n) is 9.91. The van der Waals surface area contributed by atoms with Crippen LogP contribution in [0.1, 0.15) is 0 Å². The van der Waals surface area contributed by atoms with Crippen molar-refractivity contribution in [3.05, 3.63) is 47.3 Å². The van der Waals surface area contributed by atoms with Gasteiger partial charge in [-0.25, -0.2) is 0 Å². The highest BCUT2D eigenvalue weighted by Gasteiger charge is 2.21. The molecule has 0 aliphatic carbocycles. The molecule has 0 spiro atoms. The molecular formula is C13H10N2O4. The van der Waals surface area contributed by atoms with Crippen LogP contribution in [0.15, 0.2) is 37.2 Å². The minimum absolute atomic E-state index is 0.0266. The third-order valence-electron chi connectivity index (χ3n) is 2.92. The summed E-state index contributed by atoms with van der Waals surface area (Å²) in [6.45, 7) is 3.77. The Hall–Kier alpha value is -2.76. The van der Waals surface area contributed by atoms with Crippen molar-refractivity contribution in [2.24, 2.45) is 0 Å². The molecular weight excluding hydrogens is 248 g/mol. The number of nitrogens with zero attached hydrogens (tertiary/aromatic N) is 2.